The molecule has 0 aliphatic carbocycles. The van der Waals surface area contributed by atoms with E-state index in [0.717, 1.165) is 14.2 Å². The predicted molar refractivity (Wildman–Crippen MR) is 98.7 cm³/mol. The lowest BCUT2D eigenvalue weighted by Crippen LogP contribution is -2.68. The van der Waals surface area contributed by atoms with Crippen molar-refractivity contribution in [2.75, 3.05) is 13.2 Å². The molecule has 0 aliphatic rings. The van der Waals surface area contributed by atoms with Crippen LogP contribution in [-0.4, -0.2) is 120 Å². The smallest absolute Gasteiger partial charge is 0.390 e. The summed E-state index contributed by atoms with van der Waals surface area (Å²) in [5.41, 5.74) is 0. The summed E-state index contributed by atoms with van der Waals surface area (Å²) < 4.78 is 432. The molecule has 0 unspecified atom stereocenters. The van der Waals surface area contributed by atoms with E-state index in [2.05, 4.69) is 0 Å². The van der Waals surface area contributed by atoms with E-state index in [1.807, 2.05) is 0 Å². The monoisotopic (exact) mass is 942 g/mol. The van der Waals surface area contributed by atoms with E-state index < -0.39 is 110 Å². The van der Waals surface area contributed by atoms with Crippen molar-refractivity contribution in [2.45, 2.75) is 96.6 Å². The number of rotatable bonds is 22. The third kappa shape index (κ3) is 9.30. The number of aliphatic hydroxyl groups excluding tert-OH is 2. The zero-order valence-corrected chi connectivity index (χ0v) is 24.4. The highest BCUT2D eigenvalue weighted by Crippen LogP contribution is 2.60. The molecule has 0 radical (unpaired) electrons. The Morgan fingerprint density at radius 1 is 0.211 bits per heavy atom. The average Bonchev–Trinajstić information content (AvgIpc) is 2.93. The Morgan fingerprint density at radius 2 is 0.316 bits per heavy atom. The van der Waals surface area contributed by atoms with E-state index in [0.29, 0.717) is 0 Å². The maximum Gasteiger partial charge on any atom is 0.433 e. The summed E-state index contributed by atoms with van der Waals surface area (Å²) in [6.07, 6.45) is -83.9. The molecule has 0 spiro atoms. The van der Waals surface area contributed by atoms with Gasteiger partial charge in [-0.15, -0.1) is 0 Å². The quantitative estimate of drug-likeness (QED) is 0.105. The maximum absolute atomic E-state index is 13.6. The van der Waals surface area contributed by atoms with Gasteiger partial charge >= 0.3 is 96.6 Å². The highest BCUT2D eigenvalue weighted by molar-refractivity contribution is 4.97. The molecule has 0 aromatic heterocycles. The molecule has 0 aliphatic heterocycles. The van der Waals surface area contributed by atoms with Crippen molar-refractivity contribution in [2.24, 2.45) is 0 Å². The second-order valence-electron chi connectivity index (χ2n) is 9.70. The largest absolute Gasteiger partial charge is 0.433 e. The Kier molecular flexibility index (Phi) is 13.9. The van der Waals surface area contributed by atoms with Gasteiger partial charge in [0.2, 0.25) is 0 Å². The molecule has 7 nitrogen and oxygen atoms in total. The summed E-state index contributed by atoms with van der Waals surface area (Å²) in [5.74, 6) is -48.5. The molecule has 0 aromatic carbocycles. The van der Waals surface area contributed by atoms with Gasteiger partial charge in [-0.3, -0.25) is 0 Å². The van der Waals surface area contributed by atoms with Crippen LogP contribution in [0.15, 0.2) is 0 Å². The number of halogens is 32. The number of ether oxygens (including phenoxy) is 5. The molecule has 57 heavy (non-hydrogen) atoms. The first-order valence-electron chi connectivity index (χ1n) is 11.9. The zero-order chi connectivity index (χ0) is 46.9. The molecule has 344 valence electrons. The summed E-state index contributed by atoms with van der Waals surface area (Å²) in [6, 6.07) is 0. The maximum atomic E-state index is 13.6. The van der Waals surface area contributed by atoms with Crippen molar-refractivity contribution < 1.29 is 174 Å². The lowest BCUT2D eigenvalue weighted by Gasteiger charge is -2.40. The van der Waals surface area contributed by atoms with Gasteiger partial charge in [-0.05, 0) is 0 Å². The van der Waals surface area contributed by atoms with Crippen LogP contribution in [0, 0.1) is 0 Å². The molecule has 0 saturated carbocycles. The first-order chi connectivity index (χ1) is 24.2. The van der Waals surface area contributed by atoms with Crippen LogP contribution in [0.25, 0.3) is 0 Å². The van der Waals surface area contributed by atoms with Gasteiger partial charge in [0.05, 0.1) is 0 Å². The number of aliphatic hydroxyl groups is 2. The van der Waals surface area contributed by atoms with E-state index in [1.54, 1.807) is 0 Å². The fraction of sp³-hybridized carbons (Fsp3) is 1.00. The second kappa shape index (κ2) is 14.6. The molecule has 0 amide bonds. The standard InChI is InChI=1S/C18H6F32O7/c19-3(20,1-51)9(31,32)53-11(35,36)5(23,24)13(39,40)55-15(43,44)7(27,28)17(47,48)57-18(49,50)8(29,30)16(45,46)56-14(41,42)6(25,26)12(37,38)54-10(33,34)4(21,22)2-52/h51-52H,1-2H2. The zero-order valence-electron chi connectivity index (χ0n) is 24.4. The van der Waals surface area contributed by atoms with Crippen LogP contribution in [0.3, 0.4) is 0 Å². The van der Waals surface area contributed by atoms with E-state index in [1.165, 1.54) is 9.47 Å². The van der Waals surface area contributed by atoms with Crippen LogP contribution in [0.2, 0.25) is 0 Å². The molecule has 0 saturated heterocycles. The van der Waals surface area contributed by atoms with Gasteiger partial charge in [0.25, 0.3) is 0 Å². The van der Waals surface area contributed by atoms with Crippen molar-refractivity contribution in [3.05, 3.63) is 0 Å². The van der Waals surface area contributed by atoms with Crippen LogP contribution < -0.4 is 0 Å². The van der Waals surface area contributed by atoms with Crippen LogP contribution in [0.1, 0.15) is 0 Å². The summed E-state index contributed by atoms with van der Waals surface area (Å²) in [7, 11) is 0. The highest BCUT2D eigenvalue weighted by Gasteiger charge is 2.88. The fourth-order valence-electron chi connectivity index (χ4n) is 2.33. The van der Waals surface area contributed by atoms with Crippen molar-refractivity contribution in [1.82, 2.24) is 0 Å². The minimum absolute atomic E-state index is 0.784. The highest BCUT2D eigenvalue weighted by atomic mass is 19.4. The van der Waals surface area contributed by atoms with Crippen LogP contribution in [0.5, 0.6) is 0 Å². The molecule has 0 fully saturated rings. The minimum atomic E-state index is -9.04. The van der Waals surface area contributed by atoms with Crippen molar-refractivity contribution >= 4 is 0 Å². The Labute approximate surface area is 285 Å². The topological polar surface area (TPSA) is 86.6 Å². The molecular formula is C18H6F32O7. The predicted octanol–water partition coefficient (Wildman–Crippen LogP) is 8.79. The Bertz CT molecular complexity index is 1290. The number of hydrogen-bond donors (Lipinski definition) is 2. The minimum Gasteiger partial charge on any atom is -0.390 e. The van der Waals surface area contributed by atoms with Gasteiger partial charge in [0.15, 0.2) is 0 Å². The van der Waals surface area contributed by atoms with Gasteiger partial charge in [0, 0.05) is 0 Å². The molecule has 0 aromatic rings. The normalized spacial score (nSPS) is 16.7. The van der Waals surface area contributed by atoms with Crippen LogP contribution in [0.4, 0.5) is 140 Å². The van der Waals surface area contributed by atoms with Crippen molar-refractivity contribution in [3.8, 4) is 0 Å². The van der Waals surface area contributed by atoms with E-state index in [4.69, 9.17) is 10.2 Å². The molecule has 0 bridgehead atoms. The fourth-order valence-corrected chi connectivity index (χ4v) is 2.33. The SMILES string of the molecule is OCC(F)(F)C(F)(F)OC(F)(F)C(F)(F)C(F)(F)OC(F)(F)C(F)(F)C(F)(F)OC(F)(F)C(F)(F)C(F)(F)OC(F)(F)C(F)(F)C(F)(F)OC(F)(F)C(F)(F)CO. The third-order valence-corrected chi connectivity index (χ3v) is 5.45. The summed E-state index contributed by atoms with van der Waals surface area (Å²) in [5, 5.41) is 15.8. The molecule has 2 N–H and O–H groups in total. The second-order valence-corrected chi connectivity index (χ2v) is 9.70. The lowest BCUT2D eigenvalue weighted by molar-refractivity contribution is -0.570. The number of alkyl halides is 32. The Balaban J connectivity index is 6.78. The first-order valence-corrected chi connectivity index (χ1v) is 11.9. The van der Waals surface area contributed by atoms with Crippen LogP contribution in [-0.2, 0) is 23.7 Å². The van der Waals surface area contributed by atoms with Crippen molar-refractivity contribution in [1.29, 1.82) is 0 Å². The Hall–Kier alpha value is -2.52. The van der Waals surface area contributed by atoms with Gasteiger partial charge in [0.1, 0.15) is 13.2 Å². The number of hydrogen-bond acceptors (Lipinski definition) is 7. The Morgan fingerprint density at radius 3 is 0.421 bits per heavy atom. The first kappa shape index (κ1) is 54.5. The van der Waals surface area contributed by atoms with Gasteiger partial charge in [-0.1, -0.05) is 0 Å². The van der Waals surface area contributed by atoms with Crippen molar-refractivity contribution in [3.63, 3.8) is 0 Å². The molecule has 0 heterocycles. The van der Waals surface area contributed by atoms with E-state index in [-0.39, 0.29) is 0 Å². The van der Waals surface area contributed by atoms with E-state index >= 15 is 0 Å². The summed E-state index contributed by atoms with van der Waals surface area (Å²) >= 11 is 0. The summed E-state index contributed by atoms with van der Waals surface area (Å²) in [6.45, 7) is -6.88. The van der Waals surface area contributed by atoms with Gasteiger partial charge in [-0.25, -0.2) is 23.7 Å². The van der Waals surface area contributed by atoms with Gasteiger partial charge < -0.3 is 10.2 Å². The molecular weight excluding hydrogens is 936 g/mol. The average molecular weight is 942 g/mol. The van der Waals surface area contributed by atoms with Gasteiger partial charge in [-0.2, -0.15) is 140 Å². The molecule has 39 heteroatoms. The van der Waals surface area contributed by atoms with Crippen LogP contribution >= 0.6 is 0 Å². The molecule has 0 rings (SSSR count). The third-order valence-electron chi connectivity index (χ3n) is 5.45. The molecule has 0 atom stereocenters. The lowest BCUT2D eigenvalue weighted by atomic mass is 10.2. The van der Waals surface area contributed by atoms with E-state index in [9.17, 15) is 140 Å². The summed E-state index contributed by atoms with van der Waals surface area (Å²) in [4.78, 5) is 0.